The van der Waals surface area contributed by atoms with Crippen LogP contribution in [0, 0.1) is 13.8 Å². The quantitative estimate of drug-likeness (QED) is 0.729. The Kier molecular flexibility index (Phi) is 6.93. The molecule has 0 saturated heterocycles. The van der Waals surface area contributed by atoms with Gasteiger partial charge in [0.25, 0.3) is 11.8 Å². The van der Waals surface area contributed by atoms with Crippen molar-refractivity contribution in [3.05, 3.63) is 59.2 Å². The van der Waals surface area contributed by atoms with Crippen molar-refractivity contribution in [1.82, 2.24) is 5.32 Å². The lowest BCUT2D eigenvalue weighted by molar-refractivity contribution is -0.149. The Morgan fingerprint density at radius 3 is 2.48 bits per heavy atom. The Bertz CT molecular complexity index is 848. The minimum atomic E-state index is -0.649. The fourth-order valence-electron chi connectivity index (χ4n) is 2.37. The molecule has 0 bridgehead atoms. The number of hydrogen-bond donors (Lipinski definition) is 2. The van der Waals surface area contributed by atoms with Gasteiger partial charge < -0.3 is 20.1 Å². The van der Waals surface area contributed by atoms with Crippen LogP contribution < -0.4 is 15.4 Å². The number of rotatable bonds is 7. The number of nitrogens with one attached hydrogen (secondary N) is 2. The van der Waals surface area contributed by atoms with E-state index in [4.69, 9.17) is 9.47 Å². The molecule has 2 N–H and O–H groups in total. The SMILES string of the molecule is CNC(=O)c1cccc(NC(=O)COC(=O)COc2ccc(C)cc2C)c1. The summed E-state index contributed by atoms with van der Waals surface area (Å²) in [5.74, 6) is -0.831. The lowest BCUT2D eigenvalue weighted by atomic mass is 10.1. The van der Waals surface area contributed by atoms with Crippen LogP contribution in [-0.4, -0.2) is 38.0 Å². The number of aryl methyl sites for hydroxylation is 2. The van der Waals surface area contributed by atoms with Gasteiger partial charge in [-0.1, -0.05) is 23.8 Å². The number of ether oxygens (including phenoxy) is 2. The molecule has 2 aromatic carbocycles. The molecule has 27 heavy (non-hydrogen) atoms. The van der Waals surface area contributed by atoms with E-state index in [1.54, 1.807) is 24.3 Å². The highest BCUT2D eigenvalue weighted by molar-refractivity contribution is 5.97. The van der Waals surface area contributed by atoms with Crippen LogP contribution in [0.1, 0.15) is 21.5 Å². The van der Waals surface area contributed by atoms with Crippen molar-refractivity contribution in [2.45, 2.75) is 13.8 Å². The maximum atomic E-state index is 11.9. The lowest BCUT2D eigenvalue weighted by Crippen LogP contribution is -2.24. The van der Waals surface area contributed by atoms with E-state index in [9.17, 15) is 14.4 Å². The molecule has 0 saturated carbocycles. The molecule has 7 heteroatoms. The van der Waals surface area contributed by atoms with Crippen molar-refractivity contribution in [2.24, 2.45) is 0 Å². The van der Waals surface area contributed by atoms with Crippen LogP contribution in [0.5, 0.6) is 5.75 Å². The van der Waals surface area contributed by atoms with Gasteiger partial charge >= 0.3 is 5.97 Å². The summed E-state index contributed by atoms with van der Waals surface area (Å²) in [6.45, 7) is 3.12. The summed E-state index contributed by atoms with van der Waals surface area (Å²) in [6, 6.07) is 12.0. The minimum Gasteiger partial charge on any atom is -0.482 e. The largest absolute Gasteiger partial charge is 0.482 e. The number of carbonyl (C=O) groups is 3. The molecule has 0 atom stereocenters. The van der Waals surface area contributed by atoms with Crippen LogP contribution in [0.4, 0.5) is 5.69 Å². The van der Waals surface area contributed by atoms with Crippen LogP contribution in [0.2, 0.25) is 0 Å². The van der Waals surface area contributed by atoms with Gasteiger partial charge in [0.2, 0.25) is 0 Å². The molecule has 7 nitrogen and oxygen atoms in total. The molecule has 0 fully saturated rings. The van der Waals surface area contributed by atoms with E-state index in [2.05, 4.69) is 10.6 Å². The third-order valence-corrected chi connectivity index (χ3v) is 3.68. The fourth-order valence-corrected chi connectivity index (χ4v) is 2.37. The van der Waals surface area contributed by atoms with Crippen molar-refractivity contribution in [2.75, 3.05) is 25.6 Å². The van der Waals surface area contributed by atoms with Gasteiger partial charge in [-0.15, -0.1) is 0 Å². The van der Waals surface area contributed by atoms with Crippen molar-refractivity contribution >= 4 is 23.5 Å². The van der Waals surface area contributed by atoms with Crippen LogP contribution in [0.3, 0.4) is 0 Å². The standard InChI is InChI=1S/C20H22N2O5/c1-13-7-8-17(14(2)9-13)26-12-19(24)27-11-18(23)22-16-6-4-5-15(10-16)20(25)21-3/h4-10H,11-12H2,1-3H3,(H,21,25)(H,22,23). The monoisotopic (exact) mass is 370 g/mol. The van der Waals surface area contributed by atoms with Crippen molar-refractivity contribution in [3.8, 4) is 5.75 Å². The number of anilines is 1. The Labute approximate surface area is 157 Å². The lowest BCUT2D eigenvalue weighted by Gasteiger charge is -2.10. The molecule has 2 aromatic rings. The number of benzene rings is 2. The number of hydrogen-bond acceptors (Lipinski definition) is 5. The highest BCUT2D eigenvalue weighted by Gasteiger charge is 2.11. The zero-order valence-electron chi connectivity index (χ0n) is 15.5. The van der Waals surface area contributed by atoms with Crippen molar-refractivity contribution < 1.29 is 23.9 Å². The molecular weight excluding hydrogens is 348 g/mol. The van der Waals surface area contributed by atoms with E-state index in [1.807, 2.05) is 26.0 Å². The first-order valence-corrected chi connectivity index (χ1v) is 8.36. The highest BCUT2D eigenvalue weighted by atomic mass is 16.6. The normalized spacial score (nSPS) is 10.0. The summed E-state index contributed by atoms with van der Waals surface area (Å²) >= 11 is 0. The molecular formula is C20H22N2O5. The van der Waals surface area contributed by atoms with Gasteiger partial charge in [0, 0.05) is 18.3 Å². The van der Waals surface area contributed by atoms with Crippen LogP contribution in [0.15, 0.2) is 42.5 Å². The highest BCUT2D eigenvalue weighted by Crippen LogP contribution is 2.18. The molecule has 0 radical (unpaired) electrons. The average molecular weight is 370 g/mol. The second-order valence-electron chi connectivity index (χ2n) is 5.93. The third-order valence-electron chi connectivity index (χ3n) is 3.68. The third kappa shape index (κ3) is 6.14. The summed E-state index contributed by atoms with van der Waals surface area (Å²) in [4.78, 5) is 35.2. The average Bonchev–Trinajstić information content (AvgIpc) is 2.65. The molecule has 142 valence electrons. The Morgan fingerprint density at radius 1 is 1.00 bits per heavy atom. The van der Waals surface area contributed by atoms with Gasteiger partial charge in [-0.25, -0.2) is 4.79 Å². The maximum Gasteiger partial charge on any atom is 0.344 e. The van der Waals surface area contributed by atoms with Gasteiger partial charge in [0.1, 0.15) is 5.75 Å². The molecule has 0 spiro atoms. The van der Waals surface area contributed by atoms with E-state index < -0.39 is 18.5 Å². The molecule has 0 aliphatic heterocycles. The van der Waals surface area contributed by atoms with E-state index in [-0.39, 0.29) is 12.5 Å². The molecule has 2 amide bonds. The fraction of sp³-hybridized carbons (Fsp3) is 0.250. The van der Waals surface area contributed by atoms with Crippen LogP contribution >= 0.6 is 0 Å². The Morgan fingerprint density at radius 2 is 1.78 bits per heavy atom. The van der Waals surface area contributed by atoms with Gasteiger partial charge in [-0.2, -0.15) is 0 Å². The van der Waals surface area contributed by atoms with Gasteiger partial charge in [0.15, 0.2) is 13.2 Å². The molecule has 0 aromatic heterocycles. The number of amides is 2. The zero-order chi connectivity index (χ0) is 19.8. The van der Waals surface area contributed by atoms with E-state index in [0.29, 0.717) is 17.0 Å². The summed E-state index contributed by atoms with van der Waals surface area (Å²) in [5.41, 5.74) is 2.86. The van der Waals surface area contributed by atoms with Gasteiger partial charge in [-0.3, -0.25) is 9.59 Å². The predicted molar refractivity (Wildman–Crippen MR) is 101 cm³/mol. The van der Waals surface area contributed by atoms with Gasteiger partial charge in [-0.05, 0) is 43.7 Å². The molecule has 0 aliphatic carbocycles. The maximum absolute atomic E-state index is 11.9. The summed E-state index contributed by atoms with van der Waals surface area (Å²) < 4.78 is 10.3. The number of carbonyl (C=O) groups excluding carboxylic acids is 3. The summed E-state index contributed by atoms with van der Waals surface area (Å²) in [7, 11) is 1.52. The van der Waals surface area contributed by atoms with Crippen LogP contribution in [0.25, 0.3) is 0 Å². The Balaban J connectivity index is 1.79. The second-order valence-corrected chi connectivity index (χ2v) is 5.93. The molecule has 0 unspecified atom stereocenters. The summed E-state index contributed by atoms with van der Waals surface area (Å²) in [5, 5.41) is 5.07. The number of esters is 1. The zero-order valence-corrected chi connectivity index (χ0v) is 15.5. The molecule has 0 aliphatic rings. The van der Waals surface area contributed by atoms with Crippen molar-refractivity contribution in [1.29, 1.82) is 0 Å². The summed E-state index contributed by atoms with van der Waals surface area (Å²) in [6.07, 6.45) is 0. The topological polar surface area (TPSA) is 93.7 Å². The first-order chi connectivity index (χ1) is 12.9. The van der Waals surface area contributed by atoms with E-state index in [1.165, 1.54) is 13.1 Å². The van der Waals surface area contributed by atoms with Gasteiger partial charge in [0.05, 0.1) is 0 Å². The molecule has 2 rings (SSSR count). The van der Waals surface area contributed by atoms with E-state index in [0.717, 1.165) is 11.1 Å². The molecule has 0 heterocycles. The first-order valence-electron chi connectivity index (χ1n) is 8.36. The van der Waals surface area contributed by atoms with Crippen LogP contribution in [-0.2, 0) is 14.3 Å². The van der Waals surface area contributed by atoms with E-state index >= 15 is 0 Å². The Hall–Kier alpha value is -3.35. The minimum absolute atomic E-state index is 0.263. The first kappa shape index (κ1) is 20.0. The predicted octanol–water partition coefficient (Wildman–Crippen LogP) is 2.22. The second kappa shape index (κ2) is 9.38. The van der Waals surface area contributed by atoms with Crippen molar-refractivity contribution in [3.63, 3.8) is 0 Å². The smallest absolute Gasteiger partial charge is 0.344 e.